The van der Waals surface area contributed by atoms with Crippen molar-refractivity contribution in [2.75, 3.05) is 0 Å². The lowest BCUT2D eigenvalue weighted by Gasteiger charge is -2.06. The predicted molar refractivity (Wildman–Crippen MR) is 63.0 cm³/mol. The number of aryl methyl sites for hydroxylation is 2. The fourth-order valence-electron chi connectivity index (χ4n) is 2.17. The predicted octanol–water partition coefficient (Wildman–Crippen LogP) is 1.39. The molecule has 4 nitrogen and oxygen atoms in total. The Bertz CT molecular complexity index is 525. The van der Waals surface area contributed by atoms with E-state index in [1.54, 1.807) is 6.33 Å². The molecule has 1 aliphatic carbocycles. The van der Waals surface area contributed by atoms with Gasteiger partial charge in [0.15, 0.2) is 0 Å². The van der Waals surface area contributed by atoms with Crippen LogP contribution in [0.2, 0.25) is 0 Å². The Balaban J connectivity index is 1.91. The lowest BCUT2D eigenvalue weighted by atomic mass is 10.1. The number of hydrogen-bond acceptors (Lipinski definition) is 3. The van der Waals surface area contributed by atoms with Gasteiger partial charge in [0.1, 0.15) is 6.33 Å². The Morgan fingerprint density at radius 1 is 1.50 bits per heavy atom. The van der Waals surface area contributed by atoms with E-state index in [1.165, 1.54) is 18.4 Å². The smallest absolute Gasteiger partial charge is 0.116 e. The van der Waals surface area contributed by atoms with Crippen molar-refractivity contribution in [3.05, 3.63) is 24.3 Å². The number of hydrogen-bond donors (Lipinski definition) is 1. The summed E-state index contributed by atoms with van der Waals surface area (Å²) in [5.41, 5.74) is 9.68. The molecule has 0 aliphatic heterocycles. The molecular formula is C12H16N4. The molecule has 0 aromatic carbocycles. The Hall–Kier alpha value is -1.42. The molecule has 1 aliphatic rings. The van der Waals surface area contributed by atoms with Crippen molar-refractivity contribution in [3.63, 3.8) is 0 Å². The van der Waals surface area contributed by atoms with Gasteiger partial charge in [-0.3, -0.25) is 0 Å². The van der Waals surface area contributed by atoms with E-state index in [2.05, 4.69) is 20.7 Å². The average molecular weight is 216 g/mol. The summed E-state index contributed by atoms with van der Waals surface area (Å²) in [6, 6.07) is 0. The first kappa shape index (κ1) is 9.78. The van der Waals surface area contributed by atoms with Crippen molar-refractivity contribution in [1.82, 2.24) is 14.5 Å². The summed E-state index contributed by atoms with van der Waals surface area (Å²) in [5, 5.41) is 0. The van der Waals surface area contributed by atoms with Gasteiger partial charge in [0.2, 0.25) is 0 Å². The summed E-state index contributed by atoms with van der Waals surface area (Å²) in [7, 11) is 2.03. The molecule has 1 saturated carbocycles. The third kappa shape index (κ3) is 1.59. The van der Waals surface area contributed by atoms with Crippen LogP contribution in [0.25, 0.3) is 11.0 Å². The Morgan fingerprint density at radius 3 is 3.06 bits per heavy atom. The van der Waals surface area contributed by atoms with Gasteiger partial charge in [0, 0.05) is 18.8 Å². The minimum absolute atomic E-state index is 0.120. The molecule has 1 fully saturated rings. The maximum Gasteiger partial charge on any atom is 0.116 e. The Kier molecular flexibility index (Phi) is 2.01. The van der Waals surface area contributed by atoms with Gasteiger partial charge in [-0.1, -0.05) is 0 Å². The first-order valence-corrected chi connectivity index (χ1v) is 5.71. The van der Waals surface area contributed by atoms with E-state index < -0.39 is 0 Å². The van der Waals surface area contributed by atoms with Crippen molar-refractivity contribution in [1.29, 1.82) is 0 Å². The second kappa shape index (κ2) is 3.28. The molecule has 2 N–H and O–H groups in total. The number of fused-ring (bicyclic) bond motifs is 1. The molecule has 2 heterocycles. The summed E-state index contributed by atoms with van der Waals surface area (Å²) in [6.07, 6.45) is 10.0. The van der Waals surface area contributed by atoms with E-state index in [9.17, 15) is 0 Å². The van der Waals surface area contributed by atoms with E-state index in [-0.39, 0.29) is 5.54 Å². The van der Waals surface area contributed by atoms with Gasteiger partial charge in [0.05, 0.1) is 17.2 Å². The van der Waals surface area contributed by atoms with Crippen LogP contribution in [0.1, 0.15) is 24.8 Å². The number of nitrogens with two attached hydrogens (primary N) is 1. The molecule has 4 heteroatoms. The van der Waals surface area contributed by atoms with Crippen LogP contribution in [0.4, 0.5) is 0 Å². The average Bonchev–Trinajstić information content (AvgIpc) is 2.94. The van der Waals surface area contributed by atoms with Crippen molar-refractivity contribution in [2.45, 2.75) is 31.2 Å². The largest absolute Gasteiger partial charge is 0.348 e. The molecule has 0 amide bonds. The van der Waals surface area contributed by atoms with Crippen LogP contribution < -0.4 is 5.73 Å². The highest BCUT2D eigenvalue weighted by Gasteiger charge is 2.37. The lowest BCUT2D eigenvalue weighted by molar-refractivity contribution is 0.609. The first-order chi connectivity index (χ1) is 7.68. The van der Waals surface area contributed by atoms with Gasteiger partial charge >= 0.3 is 0 Å². The zero-order valence-corrected chi connectivity index (χ0v) is 9.48. The highest BCUT2D eigenvalue weighted by molar-refractivity contribution is 5.78. The molecule has 0 radical (unpaired) electrons. The Labute approximate surface area is 94.5 Å². The SMILES string of the molecule is Cn1cc(CCC2(N)CC2)c2ncncc21. The monoisotopic (exact) mass is 216 g/mol. The van der Waals surface area contributed by atoms with Crippen LogP contribution >= 0.6 is 0 Å². The molecule has 0 spiro atoms. The van der Waals surface area contributed by atoms with Gasteiger partial charge in [-0.15, -0.1) is 0 Å². The van der Waals surface area contributed by atoms with E-state index in [0.717, 1.165) is 23.9 Å². The Morgan fingerprint density at radius 2 is 2.31 bits per heavy atom. The summed E-state index contributed by atoms with van der Waals surface area (Å²) in [4.78, 5) is 8.40. The van der Waals surface area contributed by atoms with E-state index in [4.69, 9.17) is 5.73 Å². The second-order valence-corrected chi connectivity index (χ2v) is 4.88. The van der Waals surface area contributed by atoms with Gasteiger partial charge in [0.25, 0.3) is 0 Å². The zero-order valence-electron chi connectivity index (χ0n) is 9.48. The maximum atomic E-state index is 6.11. The highest BCUT2D eigenvalue weighted by Crippen LogP contribution is 2.37. The highest BCUT2D eigenvalue weighted by atomic mass is 15.0. The van der Waals surface area contributed by atoms with Crippen LogP contribution in [0.5, 0.6) is 0 Å². The van der Waals surface area contributed by atoms with Crippen LogP contribution in [-0.4, -0.2) is 20.1 Å². The summed E-state index contributed by atoms with van der Waals surface area (Å²) >= 11 is 0. The normalized spacial score (nSPS) is 17.9. The number of nitrogens with zero attached hydrogens (tertiary/aromatic N) is 3. The van der Waals surface area contributed by atoms with E-state index in [0.29, 0.717) is 0 Å². The maximum absolute atomic E-state index is 6.11. The molecule has 0 unspecified atom stereocenters. The molecule has 2 aromatic rings. The minimum atomic E-state index is 0.120. The van der Waals surface area contributed by atoms with Gasteiger partial charge in [-0.2, -0.15) is 0 Å². The van der Waals surface area contributed by atoms with Crippen LogP contribution in [-0.2, 0) is 13.5 Å². The topological polar surface area (TPSA) is 56.7 Å². The van der Waals surface area contributed by atoms with Gasteiger partial charge < -0.3 is 10.3 Å². The fraction of sp³-hybridized carbons (Fsp3) is 0.500. The standard InChI is InChI=1S/C12H16N4/c1-16-7-9(2-3-12(13)4-5-12)11-10(16)6-14-8-15-11/h6-8H,2-5,13H2,1H3. The quantitative estimate of drug-likeness (QED) is 0.843. The third-order valence-corrected chi connectivity index (χ3v) is 3.51. The summed E-state index contributed by atoms with van der Waals surface area (Å²) in [6.45, 7) is 0. The van der Waals surface area contributed by atoms with Gasteiger partial charge in [-0.05, 0) is 31.2 Å². The molecule has 0 atom stereocenters. The van der Waals surface area contributed by atoms with Crippen LogP contribution in [0.3, 0.4) is 0 Å². The van der Waals surface area contributed by atoms with E-state index in [1.807, 2.05) is 13.2 Å². The second-order valence-electron chi connectivity index (χ2n) is 4.88. The molecular weight excluding hydrogens is 200 g/mol. The summed E-state index contributed by atoms with van der Waals surface area (Å²) < 4.78 is 2.08. The molecule has 0 bridgehead atoms. The van der Waals surface area contributed by atoms with Crippen molar-refractivity contribution < 1.29 is 0 Å². The molecule has 84 valence electrons. The van der Waals surface area contributed by atoms with Crippen molar-refractivity contribution in [2.24, 2.45) is 12.8 Å². The lowest BCUT2D eigenvalue weighted by Crippen LogP contribution is -2.22. The number of rotatable bonds is 3. The van der Waals surface area contributed by atoms with E-state index >= 15 is 0 Å². The zero-order chi connectivity index (χ0) is 11.2. The molecule has 2 aromatic heterocycles. The fourth-order valence-corrected chi connectivity index (χ4v) is 2.17. The minimum Gasteiger partial charge on any atom is -0.348 e. The van der Waals surface area contributed by atoms with Crippen LogP contribution in [0, 0.1) is 0 Å². The van der Waals surface area contributed by atoms with Crippen LogP contribution in [0.15, 0.2) is 18.7 Å². The molecule has 3 rings (SSSR count). The van der Waals surface area contributed by atoms with Crippen molar-refractivity contribution in [3.8, 4) is 0 Å². The molecule has 0 saturated heterocycles. The van der Waals surface area contributed by atoms with Crippen molar-refractivity contribution >= 4 is 11.0 Å². The first-order valence-electron chi connectivity index (χ1n) is 5.71. The van der Waals surface area contributed by atoms with Gasteiger partial charge in [-0.25, -0.2) is 9.97 Å². The summed E-state index contributed by atoms with van der Waals surface area (Å²) in [5.74, 6) is 0. The molecule has 16 heavy (non-hydrogen) atoms. The number of aromatic nitrogens is 3. The third-order valence-electron chi connectivity index (χ3n) is 3.51.